The second-order valence-corrected chi connectivity index (χ2v) is 3.71. The van der Waals surface area contributed by atoms with Crippen molar-refractivity contribution in [2.24, 2.45) is 5.73 Å². The second kappa shape index (κ2) is 7.31. The van der Waals surface area contributed by atoms with Crippen molar-refractivity contribution in [2.75, 3.05) is 13.2 Å². The number of urea groups is 1. The molecule has 0 saturated heterocycles. The molecular weight excluding hydrogens is 240 g/mol. The van der Waals surface area contributed by atoms with E-state index >= 15 is 0 Å². The van der Waals surface area contributed by atoms with Crippen LogP contribution >= 0.6 is 0 Å². The summed E-state index contributed by atoms with van der Waals surface area (Å²) in [4.78, 5) is 34.1. The Morgan fingerprint density at radius 3 is 2.33 bits per heavy atom. The van der Waals surface area contributed by atoms with Crippen LogP contribution in [0.15, 0.2) is 12.2 Å². The number of nitrogens with two attached hydrogens (primary N) is 1. The SMILES string of the molecule is C=C(C)C(=O)OCCN(C(N)=O)C(CC)C(=O)O. The van der Waals surface area contributed by atoms with Gasteiger partial charge in [0.2, 0.25) is 0 Å². The molecule has 0 fully saturated rings. The molecule has 18 heavy (non-hydrogen) atoms. The third-order valence-corrected chi connectivity index (χ3v) is 2.24. The van der Waals surface area contributed by atoms with Gasteiger partial charge in [0.05, 0.1) is 6.54 Å². The van der Waals surface area contributed by atoms with E-state index in [2.05, 4.69) is 6.58 Å². The predicted molar refractivity (Wildman–Crippen MR) is 63.8 cm³/mol. The van der Waals surface area contributed by atoms with Crippen molar-refractivity contribution < 1.29 is 24.2 Å². The van der Waals surface area contributed by atoms with Gasteiger partial charge in [-0.15, -0.1) is 0 Å². The second-order valence-electron chi connectivity index (χ2n) is 3.71. The molecule has 0 spiro atoms. The lowest BCUT2D eigenvalue weighted by Gasteiger charge is -2.26. The van der Waals surface area contributed by atoms with Crippen LogP contribution in [-0.2, 0) is 14.3 Å². The van der Waals surface area contributed by atoms with E-state index in [4.69, 9.17) is 15.6 Å². The van der Waals surface area contributed by atoms with Crippen LogP contribution in [0, 0.1) is 0 Å². The van der Waals surface area contributed by atoms with Crippen molar-refractivity contribution in [3.63, 3.8) is 0 Å². The number of nitrogens with zero attached hydrogens (tertiary/aromatic N) is 1. The molecule has 7 nitrogen and oxygen atoms in total. The monoisotopic (exact) mass is 258 g/mol. The minimum absolute atomic E-state index is 0.0703. The predicted octanol–water partition coefficient (Wildman–Crippen LogP) is 0.350. The number of hydrogen-bond donors (Lipinski definition) is 2. The van der Waals surface area contributed by atoms with E-state index in [9.17, 15) is 14.4 Å². The molecule has 7 heteroatoms. The third-order valence-electron chi connectivity index (χ3n) is 2.24. The minimum atomic E-state index is -1.15. The molecule has 0 aliphatic heterocycles. The summed E-state index contributed by atoms with van der Waals surface area (Å²) in [6.45, 7) is 6.30. The number of aliphatic carboxylic acids is 1. The number of hydrogen-bond acceptors (Lipinski definition) is 4. The molecule has 0 bridgehead atoms. The van der Waals surface area contributed by atoms with E-state index in [0.717, 1.165) is 4.90 Å². The number of ether oxygens (including phenoxy) is 1. The normalized spacial score (nSPS) is 11.4. The summed E-state index contributed by atoms with van der Waals surface area (Å²) in [7, 11) is 0. The smallest absolute Gasteiger partial charge is 0.333 e. The van der Waals surface area contributed by atoms with Gasteiger partial charge in [-0.05, 0) is 13.3 Å². The van der Waals surface area contributed by atoms with Crippen LogP contribution < -0.4 is 5.73 Å². The van der Waals surface area contributed by atoms with E-state index in [1.807, 2.05) is 0 Å². The number of esters is 1. The molecular formula is C11H18N2O5. The lowest BCUT2D eigenvalue weighted by Crippen LogP contribution is -2.49. The van der Waals surface area contributed by atoms with E-state index in [1.165, 1.54) is 6.92 Å². The zero-order chi connectivity index (χ0) is 14.3. The van der Waals surface area contributed by atoms with E-state index in [0.29, 0.717) is 0 Å². The summed E-state index contributed by atoms with van der Waals surface area (Å²) in [5.41, 5.74) is 5.32. The van der Waals surface area contributed by atoms with Gasteiger partial charge in [-0.25, -0.2) is 14.4 Å². The van der Waals surface area contributed by atoms with Crippen molar-refractivity contribution in [3.8, 4) is 0 Å². The van der Waals surface area contributed by atoms with Crippen LogP contribution in [0.2, 0.25) is 0 Å². The largest absolute Gasteiger partial charge is 0.480 e. The van der Waals surface area contributed by atoms with E-state index < -0.39 is 24.0 Å². The summed E-state index contributed by atoms with van der Waals surface area (Å²) in [5, 5.41) is 8.92. The molecule has 0 rings (SSSR count). The third kappa shape index (κ3) is 4.86. The molecule has 2 amide bonds. The number of primary amides is 1. The lowest BCUT2D eigenvalue weighted by molar-refractivity contribution is -0.143. The maximum atomic E-state index is 11.1. The molecule has 0 radical (unpaired) electrons. The minimum Gasteiger partial charge on any atom is -0.480 e. The molecule has 0 aliphatic rings. The highest BCUT2D eigenvalue weighted by Gasteiger charge is 2.26. The summed E-state index contributed by atoms with van der Waals surface area (Å²) in [6, 6.07) is -1.89. The molecule has 0 saturated carbocycles. The van der Waals surface area contributed by atoms with Crippen molar-refractivity contribution >= 4 is 18.0 Å². The first-order valence-corrected chi connectivity index (χ1v) is 5.42. The number of carboxylic acid groups (broad SMARTS) is 1. The highest BCUT2D eigenvalue weighted by atomic mass is 16.5. The van der Waals surface area contributed by atoms with Crippen LogP contribution in [0.5, 0.6) is 0 Å². The molecule has 1 unspecified atom stereocenters. The molecule has 0 heterocycles. The maximum absolute atomic E-state index is 11.1. The highest BCUT2D eigenvalue weighted by Crippen LogP contribution is 2.05. The Morgan fingerprint density at radius 2 is 2.00 bits per heavy atom. The van der Waals surface area contributed by atoms with E-state index in [-0.39, 0.29) is 25.1 Å². The number of carbonyl (C=O) groups excluding carboxylic acids is 2. The fraction of sp³-hybridized carbons (Fsp3) is 0.545. The molecule has 0 aromatic carbocycles. The topological polar surface area (TPSA) is 110 Å². The van der Waals surface area contributed by atoms with E-state index in [1.54, 1.807) is 6.92 Å². The number of amides is 2. The van der Waals surface area contributed by atoms with Gasteiger partial charge >= 0.3 is 18.0 Å². The quantitative estimate of drug-likeness (QED) is 0.505. The van der Waals surface area contributed by atoms with Crippen LogP contribution in [0.25, 0.3) is 0 Å². The average molecular weight is 258 g/mol. The zero-order valence-electron chi connectivity index (χ0n) is 10.5. The number of rotatable bonds is 7. The van der Waals surface area contributed by atoms with Gasteiger partial charge in [-0.1, -0.05) is 13.5 Å². The molecule has 0 aliphatic carbocycles. The van der Waals surface area contributed by atoms with Gasteiger partial charge in [-0.3, -0.25) is 0 Å². The lowest BCUT2D eigenvalue weighted by atomic mass is 10.2. The number of carboxylic acids is 1. The average Bonchev–Trinajstić information content (AvgIpc) is 2.26. The Kier molecular flexibility index (Phi) is 6.48. The fourth-order valence-electron chi connectivity index (χ4n) is 1.31. The molecule has 0 aromatic heterocycles. The van der Waals surface area contributed by atoms with Crippen LogP contribution in [0.4, 0.5) is 4.79 Å². The van der Waals surface area contributed by atoms with Crippen molar-refractivity contribution in [3.05, 3.63) is 12.2 Å². The van der Waals surface area contributed by atoms with Crippen molar-refractivity contribution in [1.82, 2.24) is 4.90 Å². The van der Waals surface area contributed by atoms with Gasteiger partial charge < -0.3 is 20.5 Å². The zero-order valence-corrected chi connectivity index (χ0v) is 10.5. The first-order valence-electron chi connectivity index (χ1n) is 5.42. The van der Waals surface area contributed by atoms with Crippen LogP contribution in [0.3, 0.4) is 0 Å². The first kappa shape index (κ1) is 16.0. The Bertz CT molecular complexity index is 353. The summed E-state index contributed by atoms with van der Waals surface area (Å²) in [5.74, 6) is -1.75. The maximum Gasteiger partial charge on any atom is 0.333 e. The summed E-state index contributed by atoms with van der Waals surface area (Å²) >= 11 is 0. The Labute approximate surface area is 105 Å². The Morgan fingerprint density at radius 1 is 1.44 bits per heavy atom. The van der Waals surface area contributed by atoms with Crippen LogP contribution in [-0.4, -0.2) is 47.2 Å². The van der Waals surface area contributed by atoms with Crippen molar-refractivity contribution in [2.45, 2.75) is 26.3 Å². The molecule has 102 valence electrons. The van der Waals surface area contributed by atoms with Gasteiger partial charge in [0.25, 0.3) is 0 Å². The first-order chi connectivity index (χ1) is 8.31. The standard InChI is InChI=1S/C11H18N2O5/c1-4-8(9(14)15)13(11(12)17)5-6-18-10(16)7(2)3/h8H,2,4-6H2,1,3H3,(H2,12,17)(H,14,15). The Hall–Kier alpha value is -2.05. The molecule has 0 aromatic rings. The van der Waals surface area contributed by atoms with Gasteiger partial charge in [-0.2, -0.15) is 0 Å². The number of carbonyl (C=O) groups is 3. The van der Waals surface area contributed by atoms with Crippen LogP contribution in [0.1, 0.15) is 20.3 Å². The van der Waals surface area contributed by atoms with Gasteiger partial charge in [0.15, 0.2) is 0 Å². The van der Waals surface area contributed by atoms with Crippen molar-refractivity contribution in [1.29, 1.82) is 0 Å². The highest BCUT2D eigenvalue weighted by molar-refractivity contribution is 5.87. The molecule has 3 N–H and O–H groups in total. The van der Waals surface area contributed by atoms with Gasteiger partial charge in [0.1, 0.15) is 12.6 Å². The van der Waals surface area contributed by atoms with Gasteiger partial charge in [0, 0.05) is 5.57 Å². The Balaban J connectivity index is 4.46. The molecule has 1 atom stereocenters. The fourth-order valence-corrected chi connectivity index (χ4v) is 1.31. The summed E-state index contributed by atoms with van der Waals surface area (Å²) < 4.78 is 4.78. The summed E-state index contributed by atoms with van der Waals surface area (Å²) in [6.07, 6.45) is 0.215.